The van der Waals surface area contributed by atoms with E-state index in [0.717, 1.165) is 24.2 Å². The zero-order valence-corrected chi connectivity index (χ0v) is 9.05. The van der Waals surface area contributed by atoms with Gasteiger partial charge in [0.15, 0.2) is 0 Å². The largest absolute Gasteiger partial charge is 0.379 e. The van der Waals surface area contributed by atoms with Crippen molar-refractivity contribution in [3.63, 3.8) is 0 Å². The molecule has 0 bridgehead atoms. The zero-order chi connectivity index (χ0) is 9.61. The molecular formula is C10H22NO+. The Labute approximate surface area is 76.4 Å². The molecule has 0 aromatic rings. The molecule has 0 aromatic carbocycles. The molecule has 0 fully saturated rings. The van der Waals surface area contributed by atoms with E-state index >= 15 is 0 Å². The lowest BCUT2D eigenvalue weighted by atomic mass is 10.3. The SMILES string of the molecule is COCC[N+](C)(C)CC=C(C)C. The predicted molar refractivity (Wildman–Crippen MR) is 53.1 cm³/mol. The molecule has 0 aliphatic heterocycles. The molecule has 0 aliphatic rings. The van der Waals surface area contributed by atoms with Gasteiger partial charge in [0, 0.05) is 7.11 Å². The van der Waals surface area contributed by atoms with Crippen LogP contribution < -0.4 is 0 Å². The molecule has 0 aliphatic carbocycles. The van der Waals surface area contributed by atoms with Crippen LogP contribution in [0.1, 0.15) is 13.8 Å². The molecule has 72 valence electrons. The number of methoxy groups -OCH3 is 1. The van der Waals surface area contributed by atoms with Crippen LogP contribution in [0.4, 0.5) is 0 Å². The molecule has 12 heavy (non-hydrogen) atoms. The highest BCUT2D eigenvalue weighted by Gasteiger charge is 2.11. The zero-order valence-electron chi connectivity index (χ0n) is 9.05. The van der Waals surface area contributed by atoms with E-state index < -0.39 is 0 Å². The monoisotopic (exact) mass is 172 g/mol. The van der Waals surface area contributed by atoms with E-state index in [9.17, 15) is 0 Å². The van der Waals surface area contributed by atoms with E-state index in [4.69, 9.17) is 4.74 Å². The number of rotatable bonds is 5. The van der Waals surface area contributed by atoms with Gasteiger partial charge in [0.2, 0.25) is 0 Å². The van der Waals surface area contributed by atoms with Gasteiger partial charge in [0.05, 0.1) is 27.2 Å². The third-order valence-electron chi connectivity index (χ3n) is 1.89. The summed E-state index contributed by atoms with van der Waals surface area (Å²) in [7, 11) is 6.19. The molecule has 0 heterocycles. The second kappa shape index (κ2) is 5.33. The van der Waals surface area contributed by atoms with Crippen LogP contribution >= 0.6 is 0 Å². The van der Waals surface area contributed by atoms with Gasteiger partial charge < -0.3 is 9.22 Å². The van der Waals surface area contributed by atoms with Crippen molar-refractivity contribution in [2.75, 3.05) is 40.9 Å². The highest BCUT2D eigenvalue weighted by Crippen LogP contribution is 1.99. The van der Waals surface area contributed by atoms with Crippen molar-refractivity contribution in [1.29, 1.82) is 0 Å². The fourth-order valence-corrected chi connectivity index (χ4v) is 0.859. The molecule has 0 aromatic heterocycles. The summed E-state index contributed by atoms with van der Waals surface area (Å²) < 4.78 is 6.05. The topological polar surface area (TPSA) is 9.23 Å². The smallest absolute Gasteiger partial charge is 0.102 e. The number of quaternary nitrogens is 1. The van der Waals surface area contributed by atoms with Crippen molar-refractivity contribution in [1.82, 2.24) is 0 Å². The molecule has 0 rings (SSSR count). The molecule has 0 amide bonds. The van der Waals surface area contributed by atoms with Gasteiger partial charge in [0.1, 0.15) is 6.54 Å². The maximum absolute atomic E-state index is 5.05. The number of ether oxygens (including phenoxy) is 1. The van der Waals surface area contributed by atoms with Crippen LogP contribution in [-0.2, 0) is 4.74 Å². The van der Waals surface area contributed by atoms with Crippen LogP contribution in [0.5, 0.6) is 0 Å². The number of allylic oxidation sites excluding steroid dienone is 1. The average molecular weight is 172 g/mol. The predicted octanol–water partition coefficient (Wildman–Crippen LogP) is 1.68. The molecule has 2 heteroatoms. The Bertz CT molecular complexity index is 146. The normalized spacial score (nSPS) is 11.4. The van der Waals surface area contributed by atoms with Gasteiger partial charge in [-0.15, -0.1) is 0 Å². The molecule has 2 nitrogen and oxygen atoms in total. The Kier molecular flexibility index (Phi) is 5.18. The second-order valence-electron chi connectivity index (χ2n) is 4.12. The summed E-state index contributed by atoms with van der Waals surface area (Å²) in [4.78, 5) is 0. The van der Waals surface area contributed by atoms with E-state index in [1.165, 1.54) is 5.57 Å². The van der Waals surface area contributed by atoms with Crippen LogP contribution in [0.2, 0.25) is 0 Å². The van der Waals surface area contributed by atoms with Crippen LogP contribution in [0, 0.1) is 0 Å². The van der Waals surface area contributed by atoms with E-state index in [2.05, 4.69) is 34.0 Å². The van der Waals surface area contributed by atoms with Crippen LogP contribution in [0.15, 0.2) is 11.6 Å². The van der Waals surface area contributed by atoms with Gasteiger partial charge in [-0.3, -0.25) is 0 Å². The number of hydrogen-bond donors (Lipinski definition) is 0. The van der Waals surface area contributed by atoms with Crippen molar-refractivity contribution >= 4 is 0 Å². The second-order valence-corrected chi connectivity index (χ2v) is 4.12. The summed E-state index contributed by atoms with van der Waals surface area (Å²) in [6.45, 7) is 7.27. The minimum atomic E-state index is 0.837. The molecule has 0 N–H and O–H groups in total. The number of likely N-dealkylation sites (N-methyl/N-ethyl adjacent to an activating group) is 1. The minimum absolute atomic E-state index is 0.837. The standard InChI is InChI=1S/C10H22NO/c1-10(2)6-7-11(3,4)8-9-12-5/h6H,7-9H2,1-5H3/q+1. The Morgan fingerprint density at radius 3 is 2.33 bits per heavy atom. The minimum Gasteiger partial charge on any atom is -0.379 e. The fourth-order valence-electron chi connectivity index (χ4n) is 0.859. The van der Waals surface area contributed by atoms with E-state index in [1.807, 2.05) is 0 Å². The van der Waals surface area contributed by atoms with Crippen LogP contribution in [0.25, 0.3) is 0 Å². The lowest BCUT2D eigenvalue weighted by molar-refractivity contribution is -0.884. The first kappa shape index (κ1) is 11.7. The van der Waals surface area contributed by atoms with E-state index in [-0.39, 0.29) is 0 Å². The van der Waals surface area contributed by atoms with Gasteiger partial charge in [-0.1, -0.05) is 5.57 Å². The van der Waals surface area contributed by atoms with Gasteiger partial charge in [0.25, 0.3) is 0 Å². The Hall–Kier alpha value is -0.340. The molecule has 0 saturated carbocycles. The first-order valence-corrected chi connectivity index (χ1v) is 4.42. The number of hydrogen-bond acceptors (Lipinski definition) is 1. The maximum Gasteiger partial charge on any atom is 0.102 e. The van der Waals surface area contributed by atoms with Crippen LogP contribution in [0.3, 0.4) is 0 Å². The first-order chi connectivity index (χ1) is 5.48. The average Bonchev–Trinajstić information content (AvgIpc) is 1.98. The molecule has 0 spiro atoms. The van der Waals surface area contributed by atoms with E-state index in [1.54, 1.807) is 7.11 Å². The summed E-state index contributed by atoms with van der Waals surface area (Å²) in [6, 6.07) is 0. The highest BCUT2D eigenvalue weighted by molar-refractivity contribution is 4.92. The molecule has 0 atom stereocenters. The van der Waals surface area contributed by atoms with Gasteiger partial charge in [-0.05, 0) is 19.9 Å². The van der Waals surface area contributed by atoms with Crippen LogP contribution in [-0.4, -0.2) is 45.4 Å². The molecule has 0 saturated heterocycles. The van der Waals surface area contributed by atoms with Crippen molar-refractivity contribution in [3.8, 4) is 0 Å². The van der Waals surface area contributed by atoms with Gasteiger partial charge in [-0.25, -0.2) is 0 Å². The quantitative estimate of drug-likeness (QED) is 0.453. The Balaban J connectivity index is 3.78. The highest BCUT2D eigenvalue weighted by atomic mass is 16.5. The molecule has 0 radical (unpaired) electrons. The number of nitrogens with zero attached hydrogens (tertiary/aromatic N) is 1. The lowest BCUT2D eigenvalue weighted by Gasteiger charge is -2.28. The van der Waals surface area contributed by atoms with Crippen molar-refractivity contribution in [3.05, 3.63) is 11.6 Å². The maximum atomic E-state index is 5.05. The Morgan fingerprint density at radius 2 is 1.92 bits per heavy atom. The third kappa shape index (κ3) is 6.38. The molecular weight excluding hydrogens is 150 g/mol. The summed E-state index contributed by atoms with van der Waals surface area (Å²) in [5, 5.41) is 0. The van der Waals surface area contributed by atoms with Gasteiger partial charge >= 0.3 is 0 Å². The summed E-state index contributed by atoms with van der Waals surface area (Å²) in [5.74, 6) is 0. The summed E-state index contributed by atoms with van der Waals surface area (Å²) in [6.07, 6.45) is 2.27. The first-order valence-electron chi connectivity index (χ1n) is 4.42. The summed E-state index contributed by atoms with van der Waals surface area (Å²) >= 11 is 0. The van der Waals surface area contributed by atoms with Crippen molar-refractivity contribution in [2.24, 2.45) is 0 Å². The van der Waals surface area contributed by atoms with E-state index in [0.29, 0.717) is 0 Å². The third-order valence-corrected chi connectivity index (χ3v) is 1.89. The molecule has 0 unspecified atom stereocenters. The fraction of sp³-hybridized carbons (Fsp3) is 0.800. The summed E-state index contributed by atoms with van der Waals surface area (Å²) in [5.41, 5.74) is 1.39. The lowest BCUT2D eigenvalue weighted by Crippen LogP contribution is -2.42. The Morgan fingerprint density at radius 1 is 1.33 bits per heavy atom. The van der Waals surface area contributed by atoms with Crippen molar-refractivity contribution in [2.45, 2.75) is 13.8 Å². The van der Waals surface area contributed by atoms with Crippen molar-refractivity contribution < 1.29 is 9.22 Å². The van der Waals surface area contributed by atoms with Gasteiger partial charge in [-0.2, -0.15) is 0 Å².